The van der Waals surface area contributed by atoms with Crippen molar-refractivity contribution in [3.63, 3.8) is 0 Å². The second-order valence-corrected chi connectivity index (χ2v) is 5.03. The quantitative estimate of drug-likeness (QED) is 0.640. The number of nitrogens with one attached hydrogen (secondary N) is 1. The van der Waals surface area contributed by atoms with Crippen molar-refractivity contribution in [1.29, 1.82) is 0 Å². The molecule has 21 heavy (non-hydrogen) atoms. The molecular formula is C13H17F3N2O3. The van der Waals surface area contributed by atoms with Gasteiger partial charge in [0.1, 0.15) is 5.56 Å². The molecule has 0 atom stereocenters. The van der Waals surface area contributed by atoms with Gasteiger partial charge in [0.15, 0.2) is 0 Å². The molecule has 5 nitrogen and oxygen atoms in total. The number of hydrogen-bond donors (Lipinski definition) is 1. The average molecular weight is 306 g/mol. The third-order valence-electron chi connectivity index (χ3n) is 2.75. The fourth-order valence-corrected chi connectivity index (χ4v) is 1.79. The van der Waals surface area contributed by atoms with Crippen LogP contribution in [-0.2, 0) is 10.9 Å². The zero-order valence-electron chi connectivity index (χ0n) is 12.0. The van der Waals surface area contributed by atoms with Gasteiger partial charge >= 0.3 is 6.18 Å². The number of hydrogen-bond acceptors (Lipinski definition) is 4. The zero-order valence-corrected chi connectivity index (χ0v) is 12.0. The molecule has 0 aromatic heterocycles. The van der Waals surface area contributed by atoms with Crippen molar-refractivity contribution >= 4 is 11.4 Å². The third kappa shape index (κ3) is 4.89. The Morgan fingerprint density at radius 1 is 1.33 bits per heavy atom. The van der Waals surface area contributed by atoms with Crippen molar-refractivity contribution in [2.45, 2.75) is 32.5 Å². The maximum Gasteiger partial charge on any atom is 0.423 e. The van der Waals surface area contributed by atoms with E-state index in [0.29, 0.717) is 6.61 Å². The van der Waals surface area contributed by atoms with Gasteiger partial charge in [0, 0.05) is 24.9 Å². The minimum Gasteiger partial charge on any atom is -0.382 e. The lowest BCUT2D eigenvalue weighted by molar-refractivity contribution is -0.388. The molecule has 0 aliphatic rings. The van der Waals surface area contributed by atoms with Gasteiger partial charge in [-0.3, -0.25) is 10.1 Å². The summed E-state index contributed by atoms with van der Waals surface area (Å²) in [5.74, 6) is 0. The smallest absolute Gasteiger partial charge is 0.382 e. The Hall–Kier alpha value is -1.83. The van der Waals surface area contributed by atoms with E-state index in [0.717, 1.165) is 12.1 Å². The summed E-state index contributed by atoms with van der Waals surface area (Å²) in [6, 6.07) is 2.83. The van der Waals surface area contributed by atoms with Crippen molar-refractivity contribution < 1.29 is 22.8 Å². The molecule has 0 radical (unpaired) electrons. The number of halogens is 3. The number of nitrogens with zero attached hydrogens (tertiary/aromatic N) is 1. The van der Waals surface area contributed by atoms with Crippen LogP contribution in [0.5, 0.6) is 0 Å². The van der Waals surface area contributed by atoms with Gasteiger partial charge in [-0.15, -0.1) is 0 Å². The summed E-state index contributed by atoms with van der Waals surface area (Å²) in [7, 11) is 0. The van der Waals surface area contributed by atoms with Gasteiger partial charge < -0.3 is 10.1 Å². The van der Waals surface area contributed by atoms with Crippen LogP contribution in [0.15, 0.2) is 18.2 Å². The molecule has 8 heteroatoms. The topological polar surface area (TPSA) is 64.4 Å². The molecule has 0 amide bonds. The number of anilines is 1. The second kappa shape index (κ2) is 6.30. The molecule has 0 spiro atoms. The Bertz CT molecular complexity index is 516. The fourth-order valence-electron chi connectivity index (χ4n) is 1.79. The highest BCUT2D eigenvalue weighted by molar-refractivity contribution is 5.55. The van der Waals surface area contributed by atoms with Gasteiger partial charge in [-0.05, 0) is 32.9 Å². The number of nitro benzene ring substituents is 1. The van der Waals surface area contributed by atoms with Gasteiger partial charge in [0.2, 0.25) is 0 Å². The van der Waals surface area contributed by atoms with E-state index in [2.05, 4.69) is 5.32 Å². The molecule has 1 N–H and O–H groups in total. The number of ether oxygens (including phenoxy) is 1. The molecule has 0 saturated heterocycles. The van der Waals surface area contributed by atoms with Gasteiger partial charge in [-0.2, -0.15) is 13.2 Å². The van der Waals surface area contributed by atoms with Gasteiger partial charge in [0.05, 0.1) is 10.5 Å². The highest BCUT2D eigenvalue weighted by Crippen LogP contribution is 2.37. The van der Waals surface area contributed by atoms with E-state index in [4.69, 9.17) is 4.74 Å². The molecule has 1 aromatic carbocycles. The van der Waals surface area contributed by atoms with E-state index in [1.54, 1.807) is 13.8 Å². The van der Waals surface area contributed by atoms with Crippen LogP contribution >= 0.6 is 0 Å². The first-order valence-corrected chi connectivity index (χ1v) is 6.30. The minimum absolute atomic E-state index is 0.153. The molecule has 118 valence electrons. The maximum atomic E-state index is 12.8. The summed E-state index contributed by atoms with van der Waals surface area (Å²) >= 11 is 0. The number of alkyl halides is 3. The predicted molar refractivity (Wildman–Crippen MR) is 72.3 cm³/mol. The van der Waals surface area contributed by atoms with Gasteiger partial charge in [0.25, 0.3) is 5.69 Å². The summed E-state index contributed by atoms with van der Waals surface area (Å²) in [5, 5.41) is 13.4. The van der Waals surface area contributed by atoms with E-state index < -0.39 is 28.0 Å². The van der Waals surface area contributed by atoms with Crippen molar-refractivity contribution in [2.75, 3.05) is 18.5 Å². The van der Waals surface area contributed by atoms with Gasteiger partial charge in [-0.1, -0.05) is 0 Å². The number of nitro groups is 1. The Morgan fingerprint density at radius 3 is 2.43 bits per heavy atom. The van der Waals surface area contributed by atoms with Crippen LogP contribution < -0.4 is 5.32 Å². The molecule has 0 saturated carbocycles. The lowest BCUT2D eigenvalue weighted by Crippen LogP contribution is -2.33. The molecule has 1 rings (SSSR count). The van der Waals surface area contributed by atoms with Crippen molar-refractivity contribution in [3.8, 4) is 0 Å². The Labute approximate surface area is 120 Å². The van der Waals surface area contributed by atoms with Crippen molar-refractivity contribution in [2.24, 2.45) is 0 Å². The zero-order chi connectivity index (χ0) is 16.3. The molecule has 1 aromatic rings. The van der Waals surface area contributed by atoms with Crippen LogP contribution in [0.4, 0.5) is 24.5 Å². The first-order valence-electron chi connectivity index (χ1n) is 6.30. The summed E-state index contributed by atoms with van der Waals surface area (Å²) in [6.07, 6.45) is -4.78. The highest BCUT2D eigenvalue weighted by Gasteiger charge is 2.38. The molecule has 0 unspecified atom stereocenters. The van der Waals surface area contributed by atoms with E-state index in [1.807, 2.05) is 6.92 Å². The maximum absolute atomic E-state index is 12.8. The fraction of sp³-hybridized carbons (Fsp3) is 0.538. The number of rotatable bonds is 6. The second-order valence-electron chi connectivity index (χ2n) is 5.03. The molecule has 0 aliphatic heterocycles. The number of benzene rings is 1. The minimum atomic E-state index is -4.78. The Kier molecular flexibility index (Phi) is 5.16. The molecule has 0 fully saturated rings. The van der Waals surface area contributed by atoms with Gasteiger partial charge in [-0.25, -0.2) is 0 Å². The first kappa shape index (κ1) is 17.2. The molecule has 0 aliphatic carbocycles. The normalized spacial score (nSPS) is 12.3. The van der Waals surface area contributed by atoms with E-state index in [1.165, 1.54) is 6.07 Å². The average Bonchev–Trinajstić information content (AvgIpc) is 2.35. The first-order chi connectivity index (χ1) is 9.57. The van der Waals surface area contributed by atoms with E-state index in [-0.39, 0.29) is 12.2 Å². The lowest BCUT2D eigenvalue weighted by atomic mass is 10.1. The van der Waals surface area contributed by atoms with Crippen LogP contribution in [0.25, 0.3) is 0 Å². The summed E-state index contributed by atoms with van der Waals surface area (Å²) in [5.41, 5.74) is -2.64. The van der Waals surface area contributed by atoms with Crippen molar-refractivity contribution in [3.05, 3.63) is 33.9 Å². The van der Waals surface area contributed by atoms with E-state index >= 15 is 0 Å². The van der Waals surface area contributed by atoms with Crippen LogP contribution in [0, 0.1) is 10.1 Å². The molecule has 0 bridgehead atoms. The van der Waals surface area contributed by atoms with Crippen LogP contribution in [-0.4, -0.2) is 23.7 Å². The SMILES string of the molecule is CCOC(C)(C)CNc1ccc([N+](=O)[O-])c(C(F)(F)F)c1. The van der Waals surface area contributed by atoms with Crippen molar-refractivity contribution in [1.82, 2.24) is 0 Å². The molecule has 0 heterocycles. The Balaban J connectivity index is 2.99. The lowest BCUT2D eigenvalue weighted by Gasteiger charge is -2.25. The standard InChI is InChI=1S/C13H17F3N2O3/c1-4-21-12(2,3)8-17-9-5-6-11(18(19)20)10(7-9)13(14,15)16/h5-7,17H,4,8H2,1-3H3. The van der Waals surface area contributed by atoms with Crippen LogP contribution in [0.3, 0.4) is 0 Å². The van der Waals surface area contributed by atoms with E-state index in [9.17, 15) is 23.3 Å². The molecular weight excluding hydrogens is 289 g/mol. The summed E-state index contributed by atoms with van der Waals surface area (Å²) < 4.78 is 43.9. The summed E-state index contributed by atoms with van der Waals surface area (Å²) in [4.78, 5) is 9.60. The predicted octanol–water partition coefficient (Wildman–Crippen LogP) is 3.84. The summed E-state index contributed by atoms with van der Waals surface area (Å²) in [6.45, 7) is 6.15. The third-order valence-corrected chi connectivity index (χ3v) is 2.75. The Morgan fingerprint density at radius 2 is 1.95 bits per heavy atom. The largest absolute Gasteiger partial charge is 0.423 e. The monoisotopic (exact) mass is 306 g/mol. The van der Waals surface area contributed by atoms with Crippen LogP contribution in [0.1, 0.15) is 26.3 Å². The van der Waals surface area contributed by atoms with Crippen LogP contribution in [0.2, 0.25) is 0 Å². The highest BCUT2D eigenvalue weighted by atomic mass is 19.4.